The number of aryl methyl sites for hydroxylation is 1. The molecule has 0 radical (unpaired) electrons. The maximum atomic E-state index is 5.72. The van der Waals surface area contributed by atoms with E-state index in [1.54, 1.807) is 7.11 Å². The number of hydrogen-bond acceptors (Lipinski definition) is 3. The van der Waals surface area contributed by atoms with E-state index < -0.39 is 0 Å². The minimum Gasteiger partial charge on any atom is -0.497 e. The summed E-state index contributed by atoms with van der Waals surface area (Å²) in [5.41, 5.74) is 2.19. The van der Waals surface area contributed by atoms with Gasteiger partial charge in [0.2, 0.25) is 0 Å². The van der Waals surface area contributed by atoms with E-state index in [9.17, 15) is 0 Å². The molecule has 0 bridgehead atoms. The van der Waals surface area contributed by atoms with Gasteiger partial charge in [0.05, 0.1) is 7.11 Å². The maximum absolute atomic E-state index is 5.72. The van der Waals surface area contributed by atoms with E-state index in [4.69, 9.17) is 9.47 Å². The summed E-state index contributed by atoms with van der Waals surface area (Å²) in [7, 11) is 1.67. The molecule has 0 spiro atoms. The number of benzene rings is 2. The first-order valence-corrected chi connectivity index (χ1v) is 6.36. The van der Waals surface area contributed by atoms with Crippen LogP contribution >= 0.6 is 0 Å². The van der Waals surface area contributed by atoms with Crippen molar-refractivity contribution in [3.8, 4) is 11.5 Å². The third-order valence-electron chi connectivity index (χ3n) is 2.85. The molecule has 19 heavy (non-hydrogen) atoms. The standard InChI is InChI=1S/C16H19NO2/c1-13-6-3-4-9-16(13)19-11-10-17-14-7-5-8-15(12-14)18-2/h3-9,12,17H,10-11H2,1-2H3. The molecule has 0 saturated carbocycles. The Balaban J connectivity index is 1.79. The van der Waals surface area contributed by atoms with Crippen molar-refractivity contribution in [1.29, 1.82) is 0 Å². The molecule has 0 atom stereocenters. The smallest absolute Gasteiger partial charge is 0.122 e. The topological polar surface area (TPSA) is 30.5 Å². The Hall–Kier alpha value is -2.16. The predicted octanol–water partition coefficient (Wildman–Crippen LogP) is 3.49. The molecule has 0 saturated heterocycles. The van der Waals surface area contributed by atoms with E-state index in [0.717, 1.165) is 29.3 Å². The lowest BCUT2D eigenvalue weighted by Gasteiger charge is -2.11. The lowest BCUT2D eigenvalue weighted by atomic mass is 10.2. The number of anilines is 1. The quantitative estimate of drug-likeness (QED) is 0.803. The molecule has 0 aliphatic heterocycles. The van der Waals surface area contributed by atoms with Crippen LogP contribution in [0.1, 0.15) is 5.56 Å². The summed E-state index contributed by atoms with van der Waals surface area (Å²) in [6.07, 6.45) is 0. The zero-order valence-electron chi connectivity index (χ0n) is 11.3. The highest BCUT2D eigenvalue weighted by Crippen LogP contribution is 2.17. The summed E-state index contributed by atoms with van der Waals surface area (Å²) < 4.78 is 10.9. The van der Waals surface area contributed by atoms with Crippen molar-refractivity contribution in [2.24, 2.45) is 0 Å². The van der Waals surface area contributed by atoms with E-state index in [1.165, 1.54) is 0 Å². The Labute approximate surface area is 114 Å². The van der Waals surface area contributed by atoms with Crippen LogP contribution in [0.2, 0.25) is 0 Å². The van der Waals surface area contributed by atoms with Gasteiger partial charge >= 0.3 is 0 Å². The number of para-hydroxylation sites is 1. The van der Waals surface area contributed by atoms with Crippen LogP contribution in [0.3, 0.4) is 0 Å². The van der Waals surface area contributed by atoms with Crippen molar-refractivity contribution < 1.29 is 9.47 Å². The molecule has 1 N–H and O–H groups in total. The lowest BCUT2D eigenvalue weighted by molar-refractivity contribution is 0.330. The Morgan fingerprint density at radius 1 is 1.05 bits per heavy atom. The molecular formula is C16H19NO2. The zero-order chi connectivity index (χ0) is 13.5. The molecule has 0 aliphatic carbocycles. The van der Waals surface area contributed by atoms with E-state index in [0.29, 0.717) is 6.61 Å². The molecule has 0 unspecified atom stereocenters. The van der Waals surface area contributed by atoms with Gasteiger partial charge in [0.1, 0.15) is 18.1 Å². The number of ether oxygens (including phenoxy) is 2. The first-order valence-electron chi connectivity index (χ1n) is 6.36. The highest BCUT2D eigenvalue weighted by Gasteiger charge is 1.98. The van der Waals surface area contributed by atoms with Gasteiger partial charge in [-0.2, -0.15) is 0 Å². The van der Waals surface area contributed by atoms with Gasteiger partial charge in [-0.1, -0.05) is 24.3 Å². The van der Waals surface area contributed by atoms with Crippen LogP contribution < -0.4 is 14.8 Å². The highest BCUT2D eigenvalue weighted by atomic mass is 16.5. The van der Waals surface area contributed by atoms with Crippen LogP contribution in [-0.4, -0.2) is 20.3 Å². The number of rotatable bonds is 6. The number of methoxy groups -OCH3 is 1. The highest BCUT2D eigenvalue weighted by molar-refractivity contribution is 5.48. The van der Waals surface area contributed by atoms with Crippen LogP contribution in [0.15, 0.2) is 48.5 Å². The molecule has 0 fully saturated rings. The molecule has 2 aromatic rings. The monoisotopic (exact) mass is 257 g/mol. The van der Waals surface area contributed by atoms with Gasteiger partial charge in [0.25, 0.3) is 0 Å². The second-order valence-electron chi connectivity index (χ2n) is 4.27. The summed E-state index contributed by atoms with van der Waals surface area (Å²) in [5.74, 6) is 1.79. The van der Waals surface area contributed by atoms with Crippen molar-refractivity contribution >= 4 is 5.69 Å². The van der Waals surface area contributed by atoms with Crippen molar-refractivity contribution in [3.05, 3.63) is 54.1 Å². The lowest BCUT2D eigenvalue weighted by Crippen LogP contribution is -2.11. The Morgan fingerprint density at radius 2 is 1.89 bits per heavy atom. The van der Waals surface area contributed by atoms with Gasteiger partial charge in [0.15, 0.2) is 0 Å². The molecule has 0 amide bonds. The fraction of sp³-hybridized carbons (Fsp3) is 0.250. The van der Waals surface area contributed by atoms with Gasteiger partial charge in [-0.05, 0) is 30.7 Å². The Bertz CT molecular complexity index is 526. The molecule has 0 aliphatic rings. The minimum atomic E-state index is 0.627. The largest absolute Gasteiger partial charge is 0.497 e. The van der Waals surface area contributed by atoms with Gasteiger partial charge in [0, 0.05) is 18.3 Å². The van der Waals surface area contributed by atoms with Crippen LogP contribution in [0.5, 0.6) is 11.5 Å². The average molecular weight is 257 g/mol. The third kappa shape index (κ3) is 3.91. The number of hydrogen-bond donors (Lipinski definition) is 1. The zero-order valence-corrected chi connectivity index (χ0v) is 11.3. The Morgan fingerprint density at radius 3 is 2.68 bits per heavy atom. The van der Waals surface area contributed by atoms with Crippen LogP contribution in [0, 0.1) is 6.92 Å². The molecule has 0 aromatic heterocycles. The fourth-order valence-electron chi connectivity index (χ4n) is 1.81. The molecular weight excluding hydrogens is 238 g/mol. The normalized spacial score (nSPS) is 10.0. The molecule has 0 heterocycles. The van der Waals surface area contributed by atoms with Crippen molar-refractivity contribution in [3.63, 3.8) is 0 Å². The van der Waals surface area contributed by atoms with E-state index >= 15 is 0 Å². The summed E-state index contributed by atoms with van der Waals surface area (Å²) in [5, 5.41) is 3.30. The van der Waals surface area contributed by atoms with Crippen molar-refractivity contribution in [2.45, 2.75) is 6.92 Å². The molecule has 2 aromatic carbocycles. The van der Waals surface area contributed by atoms with Crippen LogP contribution in [-0.2, 0) is 0 Å². The summed E-state index contributed by atoms with van der Waals surface area (Å²) in [4.78, 5) is 0. The van der Waals surface area contributed by atoms with Gasteiger partial charge in [-0.25, -0.2) is 0 Å². The molecule has 3 nitrogen and oxygen atoms in total. The maximum Gasteiger partial charge on any atom is 0.122 e. The third-order valence-corrected chi connectivity index (χ3v) is 2.85. The summed E-state index contributed by atoms with van der Waals surface area (Å²) in [6.45, 7) is 3.42. The second kappa shape index (κ2) is 6.69. The molecule has 100 valence electrons. The van der Waals surface area contributed by atoms with Crippen molar-refractivity contribution in [1.82, 2.24) is 0 Å². The number of nitrogens with one attached hydrogen (secondary N) is 1. The van der Waals surface area contributed by atoms with Crippen LogP contribution in [0.25, 0.3) is 0 Å². The van der Waals surface area contributed by atoms with Gasteiger partial charge < -0.3 is 14.8 Å². The van der Waals surface area contributed by atoms with E-state index in [1.807, 2.05) is 55.5 Å². The predicted molar refractivity (Wildman–Crippen MR) is 78.2 cm³/mol. The first-order chi connectivity index (χ1) is 9.29. The van der Waals surface area contributed by atoms with E-state index in [-0.39, 0.29) is 0 Å². The average Bonchev–Trinajstić information content (AvgIpc) is 2.45. The fourth-order valence-corrected chi connectivity index (χ4v) is 1.81. The minimum absolute atomic E-state index is 0.627. The first kappa shape index (κ1) is 13.3. The summed E-state index contributed by atoms with van der Waals surface area (Å²) in [6, 6.07) is 15.9. The van der Waals surface area contributed by atoms with Gasteiger partial charge in [-0.15, -0.1) is 0 Å². The second-order valence-corrected chi connectivity index (χ2v) is 4.27. The summed E-state index contributed by atoms with van der Waals surface area (Å²) >= 11 is 0. The van der Waals surface area contributed by atoms with E-state index in [2.05, 4.69) is 5.32 Å². The van der Waals surface area contributed by atoms with Crippen molar-refractivity contribution in [2.75, 3.05) is 25.6 Å². The molecule has 3 heteroatoms. The van der Waals surface area contributed by atoms with Crippen LogP contribution in [0.4, 0.5) is 5.69 Å². The SMILES string of the molecule is COc1cccc(NCCOc2ccccc2C)c1. The van der Waals surface area contributed by atoms with Gasteiger partial charge in [-0.3, -0.25) is 0 Å². The Kier molecular flexibility index (Phi) is 4.67. The molecule has 2 rings (SSSR count).